The van der Waals surface area contributed by atoms with Gasteiger partial charge in [-0.3, -0.25) is 0 Å². The maximum Gasteiger partial charge on any atom is 0.211 e. The van der Waals surface area contributed by atoms with E-state index in [-0.39, 0.29) is 6.17 Å². The summed E-state index contributed by atoms with van der Waals surface area (Å²) >= 11 is 12.1. The van der Waals surface area contributed by atoms with E-state index in [1.165, 1.54) is 0 Å². The lowest BCUT2D eigenvalue weighted by Gasteiger charge is -2.16. The Morgan fingerprint density at radius 1 is 1.37 bits per heavy atom. The minimum absolute atomic E-state index is 0.102. The normalized spacial score (nSPS) is 19.8. The fourth-order valence-corrected chi connectivity index (χ4v) is 2.18. The first-order valence-electron chi connectivity index (χ1n) is 6.29. The molecule has 0 aliphatic carbocycles. The van der Waals surface area contributed by atoms with Crippen LogP contribution in [0, 0.1) is 0 Å². The summed E-state index contributed by atoms with van der Waals surface area (Å²) in [5.74, 6) is 0.758. The van der Waals surface area contributed by atoms with Crippen LogP contribution in [0.2, 0.25) is 10.0 Å². The third kappa shape index (κ3) is 3.30. The minimum atomic E-state index is -0.102. The molecule has 1 aromatic rings. The third-order valence-electron chi connectivity index (χ3n) is 2.84. The predicted molar refractivity (Wildman–Crippen MR) is 80.5 cm³/mol. The summed E-state index contributed by atoms with van der Waals surface area (Å²) in [5.41, 5.74) is 0.880. The van der Waals surface area contributed by atoms with E-state index in [0.717, 1.165) is 24.4 Å². The van der Waals surface area contributed by atoms with Gasteiger partial charge in [0.25, 0.3) is 0 Å². The number of halogens is 2. The summed E-state index contributed by atoms with van der Waals surface area (Å²) in [6.45, 7) is 4.82. The molecule has 1 unspecified atom stereocenters. The highest BCUT2D eigenvalue weighted by molar-refractivity contribution is 6.42. The first kappa shape index (κ1) is 14.4. The minimum Gasteiger partial charge on any atom is -0.388 e. The van der Waals surface area contributed by atoms with Crippen LogP contribution in [0.4, 0.5) is 0 Å². The molecule has 0 spiro atoms. The average Bonchev–Trinajstić information content (AvgIpc) is 2.83. The van der Waals surface area contributed by atoms with Gasteiger partial charge < -0.3 is 4.84 Å². The standard InChI is InChI=1S/C14H16Cl2N2O/c1-3-13-17-12(18(4-2)19-13)9-8-10-6-5-7-11(15)14(10)16/h5-9,12H,3-4H2,1-2H3/b9-8+. The molecule has 1 aromatic carbocycles. The Balaban J connectivity index is 2.17. The van der Waals surface area contributed by atoms with Gasteiger partial charge in [-0.25, -0.2) is 4.99 Å². The van der Waals surface area contributed by atoms with Crippen molar-refractivity contribution in [1.82, 2.24) is 5.06 Å². The molecular weight excluding hydrogens is 283 g/mol. The number of hydrogen-bond acceptors (Lipinski definition) is 3. The van der Waals surface area contributed by atoms with E-state index in [9.17, 15) is 0 Å². The maximum absolute atomic E-state index is 6.14. The van der Waals surface area contributed by atoms with E-state index in [0.29, 0.717) is 10.0 Å². The number of benzene rings is 1. The van der Waals surface area contributed by atoms with E-state index in [2.05, 4.69) is 4.99 Å². The molecule has 0 bridgehead atoms. The summed E-state index contributed by atoms with van der Waals surface area (Å²) in [7, 11) is 0. The zero-order valence-corrected chi connectivity index (χ0v) is 12.4. The highest BCUT2D eigenvalue weighted by Gasteiger charge is 2.23. The van der Waals surface area contributed by atoms with Crippen LogP contribution in [-0.2, 0) is 4.84 Å². The molecule has 0 saturated carbocycles. The Kier molecular flexibility index (Phi) is 4.86. The first-order chi connectivity index (χ1) is 9.15. The maximum atomic E-state index is 6.14. The van der Waals surface area contributed by atoms with Crippen molar-refractivity contribution in [3.8, 4) is 0 Å². The largest absolute Gasteiger partial charge is 0.388 e. The number of aliphatic imine (C=N–C) groups is 1. The van der Waals surface area contributed by atoms with Gasteiger partial charge >= 0.3 is 0 Å². The molecule has 0 radical (unpaired) electrons. The van der Waals surface area contributed by atoms with Crippen LogP contribution >= 0.6 is 23.2 Å². The zero-order valence-electron chi connectivity index (χ0n) is 10.9. The van der Waals surface area contributed by atoms with E-state index in [4.69, 9.17) is 28.0 Å². The van der Waals surface area contributed by atoms with Crippen molar-refractivity contribution >= 4 is 35.2 Å². The van der Waals surface area contributed by atoms with Crippen LogP contribution in [0.1, 0.15) is 25.8 Å². The molecule has 1 aliphatic heterocycles. The van der Waals surface area contributed by atoms with Crippen molar-refractivity contribution in [3.05, 3.63) is 39.9 Å². The molecule has 0 amide bonds. The van der Waals surface area contributed by atoms with Crippen molar-refractivity contribution in [2.75, 3.05) is 6.54 Å². The molecule has 3 nitrogen and oxygen atoms in total. The second-order valence-corrected chi connectivity index (χ2v) is 4.90. The number of hydrogen-bond donors (Lipinski definition) is 0. The first-order valence-corrected chi connectivity index (χ1v) is 7.04. The molecule has 1 atom stereocenters. The molecule has 0 N–H and O–H groups in total. The Hall–Kier alpha value is -1.03. The molecule has 1 heterocycles. The molecule has 1 aliphatic rings. The lowest BCUT2D eigenvalue weighted by atomic mass is 10.2. The van der Waals surface area contributed by atoms with Crippen molar-refractivity contribution in [3.63, 3.8) is 0 Å². The van der Waals surface area contributed by atoms with Crippen LogP contribution in [0.15, 0.2) is 29.3 Å². The average molecular weight is 299 g/mol. The summed E-state index contributed by atoms with van der Waals surface area (Å²) in [6.07, 6.45) is 4.57. The number of rotatable bonds is 4. The van der Waals surface area contributed by atoms with Gasteiger partial charge in [0.05, 0.1) is 10.0 Å². The van der Waals surface area contributed by atoms with E-state index in [1.807, 2.05) is 43.2 Å². The molecule has 0 saturated heterocycles. The Bertz CT molecular complexity index is 514. The van der Waals surface area contributed by atoms with Crippen molar-refractivity contribution in [1.29, 1.82) is 0 Å². The Morgan fingerprint density at radius 3 is 2.84 bits per heavy atom. The van der Waals surface area contributed by atoms with Crippen LogP contribution < -0.4 is 0 Å². The van der Waals surface area contributed by atoms with Gasteiger partial charge in [0.15, 0.2) is 6.17 Å². The Labute approximate surface area is 123 Å². The van der Waals surface area contributed by atoms with Gasteiger partial charge in [0.1, 0.15) is 0 Å². The smallest absolute Gasteiger partial charge is 0.211 e. The quantitative estimate of drug-likeness (QED) is 0.822. The summed E-state index contributed by atoms with van der Waals surface area (Å²) in [6, 6.07) is 5.56. The van der Waals surface area contributed by atoms with Crippen molar-refractivity contribution in [2.45, 2.75) is 26.4 Å². The molecule has 2 rings (SSSR count). The second kappa shape index (κ2) is 6.42. The molecule has 19 heavy (non-hydrogen) atoms. The second-order valence-electron chi connectivity index (χ2n) is 4.12. The van der Waals surface area contributed by atoms with Gasteiger partial charge in [-0.2, -0.15) is 0 Å². The van der Waals surface area contributed by atoms with Gasteiger partial charge in [0.2, 0.25) is 5.90 Å². The highest BCUT2D eigenvalue weighted by Crippen LogP contribution is 2.27. The number of likely N-dealkylation sites (N-methyl/N-ethyl adjacent to an activating group) is 1. The molecule has 102 valence electrons. The Morgan fingerprint density at radius 2 is 2.16 bits per heavy atom. The van der Waals surface area contributed by atoms with E-state index >= 15 is 0 Å². The summed E-state index contributed by atoms with van der Waals surface area (Å²) < 4.78 is 0. The lowest BCUT2D eigenvalue weighted by molar-refractivity contribution is -0.0666. The highest BCUT2D eigenvalue weighted by atomic mass is 35.5. The summed E-state index contributed by atoms with van der Waals surface area (Å²) in [5, 5.41) is 2.94. The van der Waals surface area contributed by atoms with Crippen LogP contribution in [0.25, 0.3) is 6.08 Å². The van der Waals surface area contributed by atoms with Crippen LogP contribution in [-0.4, -0.2) is 23.7 Å². The molecule has 0 fully saturated rings. The fourth-order valence-electron chi connectivity index (χ4n) is 1.81. The van der Waals surface area contributed by atoms with Crippen LogP contribution in [0.3, 0.4) is 0 Å². The SMILES string of the molecule is CCC1=NC(/C=C/c2cccc(Cl)c2Cl)N(CC)O1. The van der Waals surface area contributed by atoms with Crippen molar-refractivity contribution in [2.24, 2.45) is 4.99 Å². The molecule has 0 aromatic heterocycles. The van der Waals surface area contributed by atoms with E-state index < -0.39 is 0 Å². The predicted octanol–water partition coefficient (Wildman–Crippen LogP) is 4.41. The number of nitrogens with zero attached hydrogens (tertiary/aromatic N) is 2. The van der Waals surface area contributed by atoms with Crippen molar-refractivity contribution < 1.29 is 4.84 Å². The molecular formula is C14H16Cl2N2O. The van der Waals surface area contributed by atoms with Crippen LogP contribution in [0.5, 0.6) is 0 Å². The molecule has 5 heteroatoms. The lowest BCUT2D eigenvalue weighted by Crippen LogP contribution is -2.27. The summed E-state index contributed by atoms with van der Waals surface area (Å²) in [4.78, 5) is 10.1. The number of hydroxylamine groups is 2. The topological polar surface area (TPSA) is 24.8 Å². The van der Waals surface area contributed by atoms with E-state index in [1.54, 1.807) is 6.07 Å². The fraction of sp³-hybridized carbons (Fsp3) is 0.357. The third-order valence-corrected chi connectivity index (χ3v) is 3.67. The van der Waals surface area contributed by atoms with Gasteiger partial charge in [-0.05, 0) is 24.6 Å². The van der Waals surface area contributed by atoms with Gasteiger partial charge in [0, 0.05) is 13.0 Å². The monoisotopic (exact) mass is 298 g/mol. The zero-order chi connectivity index (χ0) is 13.8. The van der Waals surface area contributed by atoms with Gasteiger partial charge in [-0.15, -0.1) is 5.06 Å². The van der Waals surface area contributed by atoms with Gasteiger partial charge in [-0.1, -0.05) is 48.3 Å².